The molecule has 1 fully saturated rings. The predicted octanol–water partition coefficient (Wildman–Crippen LogP) is 3.06. The highest BCUT2D eigenvalue weighted by atomic mass is 15.1. The minimum absolute atomic E-state index is 0.539. The zero-order valence-electron chi connectivity index (χ0n) is 10.9. The summed E-state index contributed by atoms with van der Waals surface area (Å²) in [6, 6.07) is 4.81. The second-order valence-corrected chi connectivity index (χ2v) is 4.86. The number of pyridine rings is 1. The molecule has 3 nitrogen and oxygen atoms in total. The van der Waals surface area contributed by atoms with Crippen LogP contribution in [-0.4, -0.2) is 30.0 Å². The van der Waals surface area contributed by atoms with Crippen LogP contribution in [0.1, 0.15) is 44.2 Å². The van der Waals surface area contributed by atoms with Crippen LogP contribution < -0.4 is 5.32 Å². The van der Waals surface area contributed by atoms with Crippen molar-refractivity contribution in [2.45, 2.75) is 38.6 Å². The SMILES string of the molecule is CCCNc1ncccc1[C@@H]1CCCCN1C. The van der Waals surface area contributed by atoms with Gasteiger partial charge < -0.3 is 5.32 Å². The minimum atomic E-state index is 0.539. The zero-order chi connectivity index (χ0) is 12.1. The number of aromatic nitrogens is 1. The van der Waals surface area contributed by atoms with Gasteiger partial charge in [0.25, 0.3) is 0 Å². The molecule has 3 heteroatoms. The third-order valence-corrected chi connectivity index (χ3v) is 3.51. The van der Waals surface area contributed by atoms with Crippen molar-refractivity contribution in [3.05, 3.63) is 23.9 Å². The number of nitrogens with one attached hydrogen (secondary N) is 1. The van der Waals surface area contributed by atoms with Crippen molar-refractivity contribution >= 4 is 5.82 Å². The normalized spacial score (nSPS) is 21.4. The van der Waals surface area contributed by atoms with Gasteiger partial charge in [0.1, 0.15) is 5.82 Å². The Morgan fingerprint density at radius 1 is 1.47 bits per heavy atom. The zero-order valence-corrected chi connectivity index (χ0v) is 10.9. The molecule has 0 spiro atoms. The van der Waals surface area contributed by atoms with Gasteiger partial charge in [-0.1, -0.05) is 19.4 Å². The van der Waals surface area contributed by atoms with E-state index in [0.29, 0.717) is 6.04 Å². The van der Waals surface area contributed by atoms with Gasteiger partial charge in [0.05, 0.1) is 0 Å². The Hall–Kier alpha value is -1.09. The lowest BCUT2D eigenvalue weighted by molar-refractivity contribution is 0.187. The van der Waals surface area contributed by atoms with Gasteiger partial charge >= 0.3 is 0 Å². The van der Waals surface area contributed by atoms with E-state index in [1.807, 2.05) is 6.20 Å². The van der Waals surface area contributed by atoms with Gasteiger partial charge in [0.2, 0.25) is 0 Å². The fourth-order valence-corrected chi connectivity index (χ4v) is 2.55. The first-order valence-corrected chi connectivity index (χ1v) is 6.72. The van der Waals surface area contributed by atoms with Gasteiger partial charge in [-0.2, -0.15) is 0 Å². The smallest absolute Gasteiger partial charge is 0.130 e. The molecule has 17 heavy (non-hydrogen) atoms. The Bertz CT molecular complexity index is 351. The second-order valence-electron chi connectivity index (χ2n) is 4.86. The standard InChI is InChI=1S/C14H23N3/c1-3-9-15-14-12(7-6-10-16-14)13-8-4-5-11-17(13)2/h6-7,10,13H,3-5,8-9,11H2,1-2H3,(H,15,16)/t13-/m0/s1. The van der Waals surface area contributed by atoms with Gasteiger partial charge in [0, 0.05) is 24.3 Å². The summed E-state index contributed by atoms with van der Waals surface area (Å²) in [7, 11) is 2.22. The lowest BCUT2D eigenvalue weighted by Gasteiger charge is -2.33. The molecule has 2 heterocycles. The molecule has 1 atom stereocenters. The maximum absolute atomic E-state index is 4.49. The Morgan fingerprint density at radius 2 is 2.35 bits per heavy atom. The molecule has 1 aliphatic heterocycles. The molecule has 0 bridgehead atoms. The number of anilines is 1. The molecule has 1 aromatic rings. The van der Waals surface area contributed by atoms with E-state index >= 15 is 0 Å². The molecule has 0 radical (unpaired) electrons. The van der Waals surface area contributed by atoms with E-state index in [4.69, 9.17) is 0 Å². The summed E-state index contributed by atoms with van der Waals surface area (Å²) in [6.07, 6.45) is 6.92. The first-order chi connectivity index (χ1) is 8.33. The first kappa shape index (κ1) is 12.4. The molecule has 1 aromatic heterocycles. The summed E-state index contributed by atoms with van der Waals surface area (Å²) < 4.78 is 0. The number of hydrogen-bond acceptors (Lipinski definition) is 3. The third kappa shape index (κ3) is 2.97. The summed E-state index contributed by atoms with van der Waals surface area (Å²) in [5, 5.41) is 3.44. The third-order valence-electron chi connectivity index (χ3n) is 3.51. The van der Waals surface area contributed by atoms with E-state index in [1.54, 1.807) is 0 Å². The Morgan fingerprint density at radius 3 is 3.12 bits per heavy atom. The van der Waals surface area contributed by atoms with Crippen molar-refractivity contribution in [1.82, 2.24) is 9.88 Å². The molecule has 0 aliphatic carbocycles. The van der Waals surface area contributed by atoms with Crippen LogP contribution in [0.4, 0.5) is 5.82 Å². The average molecular weight is 233 g/mol. The van der Waals surface area contributed by atoms with Gasteiger partial charge in [0.15, 0.2) is 0 Å². The summed E-state index contributed by atoms with van der Waals surface area (Å²) in [5.74, 6) is 1.08. The number of hydrogen-bond donors (Lipinski definition) is 1. The van der Waals surface area contributed by atoms with Gasteiger partial charge in [-0.15, -0.1) is 0 Å². The van der Waals surface area contributed by atoms with Crippen LogP contribution in [0.25, 0.3) is 0 Å². The van der Waals surface area contributed by atoms with Crippen LogP contribution in [0, 0.1) is 0 Å². The van der Waals surface area contributed by atoms with Crippen LogP contribution in [0.5, 0.6) is 0 Å². The minimum Gasteiger partial charge on any atom is -0.370 e. The molecule has 1 N–H and O–H groups in total. The first-order valence-electron chi connectivity index (χ1n) is 6.72. The molecule has 1 aliphatic rings. The van der Waals surface area contributed by atoms with Gasteiger partial charge in [-0.3, -0.25) is 4.90 Å². The largest absolute Gasteiger partial charge is 0.370 e. The number of nitrogens with zero attached hydrogens (tertiary/aromatic N) is 2. The van der Waals surface area contributed by atoms with Crippen LogP contribution in [0.15, 0.2) is 18.3 Å². The van der Waals surface area contributed by atoms with Crippen molar-refractivity contribution in [3.8, 4) is 0 Å². The van der Waals surface area contributed by atoms with Gasteiger partial charge in [-0.05, 0) is 38.9 Å². The highest BCUT2D eigenvalue weighted by Crippen LogP contribution is 2.32. The number of likely N-dealkylation sites (tertiary alicyclic amines) is 1. The highest BCUT2D eigenvalue weighted by Gasteiger charge is 2.23. The monoisotopic (exact) mass is 233 g/mol. The molecule has 0 unspecified atom stereocenters. The summed E-state index contributed by atoms with van der Waals surface area (Å²) in [4.78, 5) is 6.94. The van der Waals surface area contributed by atoms with E-state index in [2.05, 4.69) is 41.3 Å². The van der Waals surface area contributed by atoms with E-state index in [1.165, 1.54) is 31.4 Å². The maximum atomic E-state index is 4.49. The molecule has 2 rings (SSSR count). The molecular weight excluding hydrogens is 210 g/mol. The topological polar surface area (TPSA) is 28.2 Å². The lowest BCUT2D eigenvalue weighted by atomic mass is 9.96. The van der Waals surface area contributed by atoms with E-state index in [9.17, 15) is 0 Å². The summed E-state index contributed by atoms with van der Waals surface area (Å²) >= 11 is 0. The summed E-state index contributed by atoms with van der Waals surface area (Å²) in [6.45, 7) is 4.38. The lowest BCUT2D eigenvalue weighted by Crippen LogP contribution is -2.30. The van der Waals surface area contributed by atoms with Crippen molar-refractivity contribution in [1.29, 1.82) is 0 Å². The molecule has 0 aromatic carbocycles. The highest BCUT2D eigenvalue weighted by molar-refractivity contribution is 5.45. The predicted molar refractivity (Wildman–Crippen MR) is 72.2 cm³/mol. The van der Waals surface area contributed by atoms with E-state index in [0.717, 1.165) is 18.8 Å². The fraction of sp³-hybridized carbons (Fsp3) is 0.643. The maximum Gasteiger partial charge on any atom is 0.130 e. The molecule has 0 saturated carbocycles. The number of piperidine rings is 1. The quantitative estimate of drug-likeness (QED) is 0.866. The van der Waals surface area contributed by atoms with Crippen LogP contribution in [0.2, 0.25) is 0 Å². The average Bonchev–Trinajstić information content (AvgIpc) is 2.37. The van der Waals surface area contributed by atoms with Crippen molar-refractivity contribution < 1.29 is 0 Å². The Labute approximate surface area is 104 Å². The fourth-order valence-electron chi connectivity index (χ4n) is 2.55. The molecular formula is C14H23N3. The summed E-state index contributed by atoms with van der Waals surface area (Å²) in [5.41, 5.74) is 1.36. The molecule has 94 valence electrons. The van der Waals surface area contributed by atoms with Crippen molar-refractivity contribution in [3.63, 3.8) is 0 Å². The van der Waals surface area contributed by atoms with Crippen LogP contribution in [-0.2, 0) is 0 Å². The Balaban J connectivity index is 2.17. The van der Waals surface area contributed by atoms with Crippen LogP contribution >= 0.6 is 0 Å². The van der Waals surface area contributed by atoms with Crippen molar-refractivity contribution in [2.75, 3.05) is 25.5 Å². The van der Waals surface area contributed by atoms with E-state index in [-0.39, 0.29) is 0 Å². The second kappa shape index (κ2) is 6.01. The molecule has 1 saturated heterocycles. The van der Waals surface area contributed by atoms with Gasteiger partial charge in [-0.25, -0.2) is 4.98 Å². The Kier molecular flexibility index (Phi) is 4.37. The molecule has 0 amide bonds. The number of rotatable bonds is 4. The van der Waals surface area contributed by atoms with E-state index < -0.39 is 0 Å². The van der Waals surface area contributed by atoms with Crippen LogP contribution in [0.3, 0.4) is 0 Å². The van der Waals surface area contributed by atoms with Crippen molar-refractivity contribution in [2.24, 2.45) is 0 Å².